The van der Waals surface area contributed by atoms with Crippen molar-refractivity contribution in [3.63, 3.8) is 0 Å². The third-order valence-electron chi connectivity index (χ3n) is 6.70. The van der Waals surface area contributed by atoms with Gasteiger partial charge in [0.05, 0.1) is 17.5 Å². The molecule has 3 amide bonds. The van der Waals surface area contributed by atoms with Crippen molar-refractivity contribution in [2.75, 3.05) is 16.8 Å². The summed E-state index contributed by atoms with van der Waals surface area (Å²) in [6.45, 7) is 0.977. The second-order valence-electron chi connectivity index (χ2n) is 9.24. The Morgan fingerprint density at radius 1 is 0.868 bits per heavy atom. The number of nitrogens with one attached hydrogen (secondary N) is 2. The number of nitrogens with zero attached hydrogens (tertiary/aromatic N) is 4. The van der Waals surface area contributed by atoms with Crippen LogP contribution in [0.25, 0.3) is 16.9 Å². The van der Waals surface area contributed by atoms with E-state index in [1.165, 1.54) is 0 Å². The van der Waals surface area contributed by atoms with Gasteiger partial charge in [-0.2, -0.15) is 0 Å². The molecule has 0 atom stereocenters. The second kappa shape index (κ2) is 10.2. The molecule has 0 saturated carbocycles. The van der Waals surface area contributed by atoms with E-state index < -0.39 is 0 Å². The maximum Gasteiger partial charge on any atom is 0.319 e. The second-order valence-corrected chi connectivity index (χ2v) is 9.24. The number of fused-ring (bicyclic) bond motifs is 2. The minimum atomic E-state index is -0.324. The molecule has 5 aromatic rings. The minimum Gasteiger partial charge on any atom is -0.334 e. The van der Waals surface area contributed by atoms with E-state index >= 15 is 0 Å². The number of amides is 3. The molecule has 188 valence electrons. The molecule has 0 radical (unpaired) electrons. The Bertz CT molecular complexity index is 1610. The highest BCUT2D eigenvalue weighted by atomic mass is 16.2. The first kappa shape index (κ1) is 23.4. The molecule has 38 heavy (non-hydrogen) atoms. The first-order valence-electron chi connectivity index (χ1n) is 12.5. The molecule has 1 aliphatic rings. The smallest absolute Gasteiger partial charge is 0.319 e. The zero-order valence-electron chi connectivity index (χ0n) is 20.7. The third kappa shape index (κ3) is 4.84. The zero-order valence-corrected chi connectivity index (χ0v) is 20.7. The average molecular weight is 503 g/mol. The summed E-state index contributed by atoms with van der Waals surface area (Å²) in [5.41, 5.74) is 6.36. The maximum absolute atomic E-state index is 12.9. The molecular weight excluding hydrogens is 476 g/mol. The molecular formula is C30H26N6O2. The van der Waals surface area contributed by atoms with Crippen LogP contribution in [0.5, 0.6) is 0 Å². The van der Waals surface area contributed by atoms with Gasteiger partial charge in [0.25, 0.3) is 0 Å². The van der Waals surface area contributed by atoms with Crippen LogP contribution in [0.15, 0.2) is 97.5 Å². The van der Waals surface area contributed by atoms with Crippen LogP contribution in [0.4, 0.5) is 16.2 Å². The molecule has 2 N–H and O–H groups in total. The van der Waals surface area contributed by atoms with Crippen molar-refractivity contribution in [2.45, 2.75) is 19.4 Å². The Hall–Kier alpha value is -4.98. The SMILES string of the molecule is O=C(NCc1ccc(-n2cnc3ccccc32)nc1)Nc1ccc2c(c1)N(C(=O)Cc1ccccc1)CC2. The summed E-state index contributed by atoms with van der Waals surface area (Å²) in [6.07, 6.45) is 4.66. The predicted octanol–water partition coefficient (Wildman–Crippen LogP) is 4.87. The summed E-state index contributed by atoms with van der Waals surface area (Å²) >= 11 is 0. The quantitative estimate of drug-likeness (QED) is 0.346. The number of imidazole rings is 1. The van der Waals surface area contributed by atoms with Crippen LogP contribution < -0.4 is 15.5 Å². The molecule has 6 rings (SSSR count). The molecule has 8 heteroatoms. The average Bonchev–Trinajstić information content (AvgIpc) is 3.57. The number of pyridine rings is 1. The van der Waals surface area contributed by atoms with Gasteiger partial charge in [0.2, 0.25) is 5.91 Å². The van der Waals surface area contributed by atoms with Gasteiger partial charge in [0, 0.05) is 30.7 Å². The first-order chi connectivity index (χ1) is 18.6. The van der Waals surface area contributed by atoms with E-state index in [0.717, 1.165) is 45.6 Å². The van der Waals surface area contributed by atoms with Gasteiger partial charge in [0.1, 0.15) is 12.1 Å². The summed E-state index contributed by atoms with van der Waals surface area (Å²) in [5.74, 6) is 0.813. The molecule has 0 saturated heterocycles. The summed E-state index contributed by atoms with van der Waals surface area (Å²) in [5, 5.41) is 5.76. The number of carbonyl (C=O) groups excluding carboxylic acids is 2. The molecule has 8 nitrogen and oxygen atoms in total. The summed E-state index contributed by atoms with van der Waals surface area (Å²) < 4.78 is 1.93. The Kier molecular flexibility index (Phi) is 6.27. The number of anilines is 2. The van der Waals surface area contributed by atoms with Crippen molar-refractivity contribution in [3.8, 4) is 5.82 Å². The van der Waals surface area contributed by atoms with Crippen LogP contribution in [-0.2, 0) is 24.2 Å². The van der Waals surface area contributed by atoms with Crippen molar-refractivity contribution in [1.29, 1.82) is 0 Å². The number of para-hydroxylation sites is 2. The van der Waals surface area contributed by atoms with Gasteiger partial charge in [0.15, 0.2) is 0 Å². The van der Waals surface area contributed by atoms with Crippen LogP contribution >= 0.6 is 0 Å². The van der Waals surface area contributed by atoms with E-state index in [-0.39, 0.29) is 11.9 Å². The fraction of sp³-hybridized carbons (Fsp3) is 0.133. The third-order valence-corrected chi connectivity index (χ3v) is 6.70. The molecule has 2 aromatic heterocycles. The van der Waals surface area contributed by atoms with E-state index in [4.69, 9.17) is 0 Å². The zero-order chi connectivity index (χ0) is 25.9. The van der Waals surface area contributed by atoms with Gasteiger partial charge in [-0.1, -0.05) is 54.6 Å². The number of urea groups is 1. The van der Waals surface area contributed by atoms with Crippen molar-refractivity contribution in [1.82, 2.24) is 19.9 Å². The summed E-state index contributed by atoms with van der Waals surface area (Å²) in [4.78, 5) is 36.3. The Morgan fingerprint density at radius 3 is 2.55 bits per heavy atom. The van der Waals surface area contributed by atoms with Crippen LogP contribution in [0, 0.1) is 0 Å². The Balaban J connectivity index is 1.07. The number of benzene rings is 3. The molecule has 0 fully saturated rings. The van der Waals surface area contributed by atoms with Gasteiger partial charge in [-0.25, -0.2) is 14.8 Å². The van der Waals surface area contributed by atoms with Crippen molar-refractivity contribution >= 4 is 34.3 Å². The highest BCUT2D eigenvalue weighted by Gasteiger charge is 2.25. The summed E-state index contributed by atoms with van der Waals surface area (Å²) in [7, 11) is 0. The molecule has 0 spiro atoms. The number of carbonyl (C=O) groups is 2. The lowest BCUT2D eigenvalue weighted by Crippen LogP contribution is -2.30. The topological polar surface area (TPSA) is 92.2 Å². The van der Waals surface area contributed by atoms with Crippen molar-refractivity contribution in [3.05, 3.63) is 114 Å². The molecule has 0 unspecified atom stereocenters. The number of hydrogen-bond acceptors (Lipinski definition) is 4. The van der Waals surface area contributed by atoms with Crippen LogP contribution in [-0.4, -0.2) is 33.0 Å². The molecule has 0 aliphatic carbocycles. The fourth-order valence-electron chi connectivity index (χ4n) is 4.75. The number of aromatic nitrogens is 3. The van der Waals surface area contributed by atoms with Gasteiger partial charge < -0.3 is 15.5 Å². The van der Waals surface area contributed by atoms with Gasteiger partial charge in [-0.05, 0) is 53.4 Å². The van der Waals surface area contributed by atoms with E-state index in [1.54, 1.807) is 12.5 Å². The number of rotatable bonds is 6. The fourth-order valence-corrected chi connectivity index (χ4v) is 4.75. The van der Waals surface area contributed by atoms with Crippen molar-refractivity contribution in [2.24, 2.45) is 0 Å². The first-order valence-corrected chi connectivity index (χ1v) is 12.5. The van der Waals surface area contributed by atoms with E-state index in [9.17, 15) is 9.59 Å². The lowest BCUT2D eigenvalue weighted by molar-refractivity contribution is -0.117. The van der Waals surface area contributed by atoms with Crippen LogP contribution in [0.3, 0.4) is 0 Å². The lowest BCUT2D eigenvalue weighted by Gasteiger charge is -2.18. The molecule has 1 aliphatic heterocycles. The van der Waals surface area contributed by atoms with Gasteiger partial charge >= 0.3 is 6.03 Å². The highest BCUT2D eigenvalue weighted by molar-refractivity contribution is 5.98. The van der Waals surface area contributed by atoms with Crippen LogP contribution in [0.2, 0.25) is 0 Å². The Morgan fingerprint density at radius 2 is 1.71 bits per heavy atom. The Labute approximate surface area is 220 Å². The highest BCUT2D eigenvalue weighted by Crippen LogP contribution is 2.31. The predicted molar refractivity (Wildman–Crippen MR) is 147 cm³/mol. The minimum absolute atomic E-state index is 0.0520. The standard InChI is InChI=1S/C30H26N6O2/c37-29(16-21-6-2-1-3-7-21)35-15-14-23-11-12-24(17-27(23)35)34-30(38)32-19-22-10-13-28(31-18-22)36-20-33-25-8-4-5-9-26(25)36/h1-13,17-18,20H,14-16,19H2,(H2,32,34,38). The van der Waals surface area contributed by atoms with Gasteiger partial charge in [-0.3, -0.25) is 9.36 Å². The largest absolute Gasteiger partial charge is 0.334 e. The van der Waals surface area contributed by atoms with E-state index in [1.807, 2.05) is 94.4 Å². The molecule has 0 bridgehead atoms. The lowest BCUT2D eigenvalue weighted by atomic mass is 10.1. The molecule has 3 heterocycles. The normalized spacial score (nSPS) is 12.4. The van der Waals surface area contributed by atoms with Crippen molar-refractivity contribution < 1.29 is 9.59 Å². The monoisotopic (exact) mass is 502 g/mol. The molecule has 3 aromatic carbocycles. The van der Waals surface area contributed by atoms with E-state index in [2.05, 4.69) is 20.6 Å². The number of hydrogen-bond donors (Lipinski definition) is 2. The summed E-state index contributed by atoms with van der Waals surface area (Å²) in [6, 6.07) is 26.9. The van der Waals surface area contributed by atoms with E-state index in [0.29, 0.717) is 25.2 Å². The van der Waals surface area contributed by atoms with Crippen LogP contribution in [0.1, 0.15) is 16.7 Å². The van der Waals surface area contributed by atoms with Gasteiger partial charge in [-0.15, -0.1) is 0 Å². The maximum atomic E-state index is 12.9.